The summed E-state index contributed by atoms with van der Waals surface area (Å²) in [4.78, 5) is 12.8. The molecule has 1 atom stereocenters. The van der Waals surface area contributed by atoms with E-state index < -0.39 is 21.5 Å². The largest absolute Gasteiger partial charge is 0.385 e. The lowest BCUT2D eigenvalue weighted by molar-refractivity contribution is -0.118. The number of rotatable bonds is 6. The Bertz CT molecular complexity index is 1120. The van der Waals surface area contributed by atoms with Crippen molar-refractivity contribution in [2.75, 3.05) is 0 Å². The molecule has 1 fully saturated rings. The number of amides is 1. The number of sulfonamides is 1. The molecular weight excluding hydrogens is 442 g/mol. The average molecular weight is 468 g/mol. The second-order valence-electron chi connectivity index (χ2n) is 8.80. The molecule has 4 rings (SSSR count). The summed E-state index contributed by atoms with van der Waals surface area (Å²) >= 11 is 7.53. The molecule has 1 aromatic heterocycles. The lowest BCUT2D eigenvalue weighted by atomic mass is 9.86. The summed E-state index contributed by atoms with van der Waals surface area (Å²) in [6, 6.07) is 3.40. The molecule has 2 N–H and O–H groups in total. The predicted molar refractivity (Wildman–Crippen MR) is 119 cm³/mol. The first-order valence-electron chi connectivity index (χ1n) is 10.2. The molecule has 2 aliphatic rings. The van der Waals surface area contributed by atoms with Gasteiger partial charge in [0.15, 0.2) is 0 Å². The summed E-state index contributed by atoms with van der Waals surface area (Å²) in [7, 11) is -3.98. The Balaban J connectivity index is 1.60. The van der Waals surface area contributed by atoms with E-state index in [-0.39, 0.29) is 22.5 Å². The van der Waals surface area contributed by atoms with Crippen molar-refractivity contribution in [1.82, 2.24) is 4.72 Å². The molecule has 2 aromatic rings. The third-order valence-corrected chi connectivity index (χ3v) is 9.35. The molecule has 0 aliphatic heterocycles. The van der Waals surface area contributed by atoms with Crippen LogP contribution in [-0.2, 0) is 33.3 Å². The van der Waals surface area contributed by atoms with Gasteiger partial charge < -0.3 is 5.11 Å². The van der Waals surface area contributed by atoms with Crippen molar-refractivity contribution in [2.24, 2.45) is 0 Å². The third kappa shape index (κ3) is 3.93. The van der Waals surface area contributed by atoms with Crippen molar-refractivity contribution in [2.45, 2.75) is 74.5 Å². The van der Waals surface area contributed by atoms with Crippen LogP contribution in [-0.4, -0.2) is 19.4 Å². The number of carbonyl (C=O) groups is 1. The molecule has 0 radical (unpaired) electrons. The first-order valence-corrected chi connectivity index (χ1v) is 13.0. The number of aliphatic hydroxyl groups is 1. The third-order valence-electron chi connectivity index (χ3n) is 6.20. The highest BCUT2D eigenvalue weighted by atomic mass is 35.5. The van der Waals surface area contributed by atoms with E-state index in [9.17, 15) is 18.3 Å². The Morgan fingerprint density at radius 3 is 2.70 bits per heavy atom. The van der Waals surface area contributed by atoms with Gasteiger partial charge in [0.25, 0.3) is 10.0 Å². The highest BCUT2D eigenvalue weighted by molar-refractivity contribution is 7.92. The molecule has 1 unspecified atom stereocenters. The van der Waals surface area contributed by atoms with E-state index in [4.69, 9.17) is 11.6 Å². The minimum absolute atomic E-state index is 0.00123. The maximum atomic E-state index is 12.8. The molecule has 0 saturated heterocycles. The van der Waals surface area contributed by atoms with Crippen molar-refractivity contribution >= 4 is 38.9 Å². The van der Waals surface area contributed by atoms with Gasteiger partial charge in [-0.25, -0.2) is 13.1 Å². The minimum atomic E-state index is -3.98. The molecule has 1 heterocycles. The average Bonchev–Trinajstić information content (AvgIpc) is 3.08. The van der Waals surface area contributed by atoms with Gasteiger partial charge in [0, 0.05) is 5.02 Å². The fourth-order valence-electron chi connectivity index (χ4n) is 4.35. The monoisotopic (exact) mass is 467 g/mol. The molecule has 2 aliphatic carbocycles. The molecule has 1 amide bonds. The van der Waals surface area contributed by atoms with E-state index in [0.717, 1.165) is 51.5 Å². The number of benzene rings is 1. The van der Waals surface area contributed by atoms with Gasteiger partial charge in [-0.05, 0) is 82.8 Å². The number of fused-ring (bicyclic) bond motifs is 1. The van der Waals surface area contributed by atoms with Crippen molar-refractivity contribution in [3.8, 4) is 0 Å². The number of carbonyl (C=O) groups excluding carboxylic acids is 1. The molecule has 0 spiro atoms. The van der Waals surface area contributed by atoms with Crippen molar-refractivity contribution in [1.29, 1.82) is 0 Å². The van der Waals surface area contributed by atoms with Crippen LogP contribution in [0.25, 0.3) is 0 Å². The number of hydrogen-bond acceptors (Lipinski definition) is 5. The van der Waals surface area contributed by atoms with Gasteiger partial charge in [-0.2, -0.15) is 0 Å². The summed E-state index contributed by atoms with van der Waals surface area (Å²) in [6.45, 7) is 6.22. The van der Waals surface area contributed by atoms with Crippen LogP contribution in [0.4, 0.5) is 0 Å². The SMILES string of the molecule is CC(C)c1cc(Cl)c2c(c1CC(=O)NS(=O)(=O)c1cc(C3(O)CC3)cs1)C(C)CC2. The summed E-state index contributed by atoms with van der Waals surface area (Å²) in [6.07, 6.45) is 3.12. The van der Waals surface area contributed by atoms with Crippen molar-refractivity contribution in [3.05, 3.63) is 50.4 Å². The van der Waals surface area contributed by atoms with Crippen LogP contribution in [0.1, 0.15) is 79.7 Å². The normalized spacial score (nSPS) is 19.7. The van der Waals surface area contributed by atoms with E-state index in [0.29, 0.717) is 18.4 Å². The van der Waals surface area contributed by atoms with Crippen LogP contribution in [0.2, 0.25) is 5.02 Å². The summed E-state index contributed by atoms with van der Waals surface area (Å²) < 4.78 is 27.7. The Labute approximate surface area is 186 Å². The zero-order valence-corrected chi connectivity index (χ0v) is 19.7. The van der Waals surface area contributed by atoms with Gasteiger partial charge in [-0.1, -0.05) is 32.4 Å². The standard InChI is InChI=1S/C22H26ClNO4S2/c1-12(2)16-9-18(23)15-5-4-13(3)21(15)17(16)10-19(25)24-30(27,28)20-8-14(11-29-20)22(26)6-7-22/h8-9,11-13,26H,4-7,10H2,1-3H3,(H,24,25). The van der Waals surface area contributed by atoms with Crippen LogP contribution in [0.15, 0.2) is 21.7 Å². The molecule has 8 heteroatoms. The Kier molecular flexibility index (Phi) is 5.54. The van der Waals surface area contributed by atoms with E-state index in [1.54, 1.807) is 5.38 Å². The molecule has 5 nitrogen and oxygen atoms in total. The first kappa shape index (κ1) is 21.8. The van der Waals surface area contributed by atoms with Crippen molar-refractivity contribution in [3.63, 3.8) is 0 Å². The Morgan fingerprint density at radius 1 is 1.37 bits per heavy atom. The Morgan fingerprint density at radius 2 is 2.07 bits per heavy atom. The number of thiophene rings is 1. The van der Waals surface area contributed by atoms with Crippen molar-refractivity contribution < 1.29 is 18.3 Å². The fraction of sp³-hybridized carbons (Fsp3) is 0.500. The van der Waals surface area contributed by atoms with Gasteiger partial charge in [0.1, 0.15) is 4.21 Å². The van der Waals surface area contributed by atoms with Crippen LogP contribution in [0, 0.1) is 0 Å². The van der Waals surface area contributed by atoms with Gasteiger partial charge in [-0.3, -0.25) is 4.79 Å². The fourth-order valence-corrected chi connectivity index (χ4v) is 6.92. The molecule has 30 heavy (non-hydrogen) atoms. The smallest absolute Gasteiger partial charge is 0.273 e. The van der Waals surface area contributed by atoms with E-state index >= 15 is 0 Å². The molecular formula is C22H26ClNO4S2. The quantitative estimate of drug-likeness (QED) is 0.650. The van der Waals surface area contributed by atoms with Crippen LogP contribution in [0.3, 0.4) is 0 Å². The molecule has 1 saturated carbocycles. The maximum Gasteiger partial charge on any atom is 0.273 e. The number of halogens is 1. The second kappa shape index (κ2) is 7.62. The number of nitrogens with one attached hydrogen (secondary N) is 1. The minimum Gasteiger partial charge on any atom is -0.385 e. The molecule has 0 bridgehead atoms. The van der Waals surface area contributed by atoms with Crippen LogP contribution in [0.5, 0.6) is 0 Å². The molecule has 162 valence electrons. The first-order chi connectivity index (χ1) is 14.0. The highest BCUT2D eigenvalue weighted by Gasteiger charge is 2.43. The van der Waals surface area contributed by atoms with E-state index in [1.165, 1.54) is 6.07 Å². The van der Waals surface area contributed by atoms with Gasteiger partial charge in [-0.15, -0.1) is 11.3 Å². The summed E-state index contributed by atoms with van der Waals surface area (Å²) in [5, 5.41) is 12.6. The van der Waals surface area contributed by atoms with Crippen LogP contribution < -0.4 is 4.72 Å². The molecule has 1 aromatic carbocycles. The van der Waals surface area contributed by atoms with E-state index in [2.05, 4.69) is 11.6 Å². The lowest BCUT2D eigenvalue weighted by Gasteiger charge is -2.20. The van der Waals surface area contributed by atoms with Gasteiger partial charge >= 0.3 is 0 Å². The highest BCUT2D eigenvalue weighted by Crippen LogP contribution is 2.47. The maximum absolute atomic E-state index is 12.8. The van der Waals surface area contributed by atoms with Gasteiger partial charge in [0.2, 0.25) is 5.91 Å². The van der Waals surface area contributed by atoms with Gasteiger partial charge in [0.05, 0.1) is 12.0 Å². The second-order valence-corrected chi connectivity index (χ2v) is 12.0. The topological polar surface area (TPSA) is 83.5 Å². The lowest BCUT2D eigenvalue weighted by Crippen LogP contribution is -2.32. The predicted octanol–water partition coefficient (Wildman–Crippen LogP) is 4.60. The van der Waals surface area contributed by atoms with Crippen LogP contribution >= 0.6 is 22.9 Å². The zero-order valence-electron chi connectivity index (χ0n) is 17.3. The Hall–Kier alpha value is -1.41. The van der Waals surface area contributed by atoms with E-state index in [1.807, 2.05) is 19.9 Å². The number of hydrogen-bond donors (Lipinski definition) is 2. The summed E-state index contributed by atoms with van der Waals surface area (Å²) in [5.74, 6) is -0.102. The summed E-state index contributed by atoms with van der Waals surface area (Å²) in [5.41, 5.74) is 3.79. The zero-order chi connectivity index (χ0) is 21.8.